The Labute approximate surface area is 165 Å². The van der Waals surface area contributed by atoms with Gasteiger partial charge in [-0.2, -0.15) is 0 Å². The first-order chi connectivity index (χ1) is 13.4. The lowest BCUT2D eigenvalue weighted by Gasteiger charge is -2.23. The number of carbonyl (C=O) groups is 3. The van der Waals surface area contributed by atoms with E-state index >= 15 is 0 Å². The van der Waals surface area contributed by atoms with Gasteiger partial charge in [0.05, 0.1) is 10.9 Å². The lowest BCUT2D eigenvalue weighted by atomic mass is 10.2. The molecule has 0 unspecified atom stereocenters. The first-order valence-corrected chi connectivity index (χ1v) is 9.38. The number of amides is 3. The van der Waals surface area contributed by atoms with Crippen molar-refractivity contribution in [2.75, 3.05) is 5.32 Å². The highest BCUT2D eigenvalue weighted by atomic mass is 32.2. The standard InChI is InChI=1S/C19H18FN3O4S/c1-11(27-13-8-6-12(20)7-9-13)18(25)23-22-17(24)10-16-19(26)21-14-4-2-3-5-15(14)28-16/h2-9,11,16H,10H2,1H3,(H,21,26)(H,22,24)(H,23,25)/t11-,16+/m1/s1. The summed E-state index contributed by atoms with van der Waals surface area (Å²) in [5.41, 5.74) is 5.25. The number of hydrogen-bond acceptors (Lipinski definition) is 5. The molecule has 0 aromatic heterocycles. The number of ether oxygens (including phenoxy) is 1. The fourth-order valence-corrected chi connectivity index (χ4v) is 3.56. The van der Waals surface area contributed by atoms with Gasteiger partial charge in [0, 0.05) is 11.3 Å². The molecule has 0 radical (unpaired) electrons. The molecule has 2 aromatic rings. The second kappa shape index (κ2) is 8.75. The first kappa shape index (κ1) is 19.7. The topological polar surface area (TPSA) is 96.5 Å². The quantitative estimate of drug-likeness (QED) is 0.666. The van der Waals surface area contributed by atoms with Gasteiger partial charge in [-0.15, -0.1) is 11.8 Å². The molecule has 7 nitrogen and oxygen atoms in total. The maximum Gasteiger partial charge on any atom is 0.279 e. The van der Waals surface area contributed by atoms with Crippen LogP contribution in [0.2, 0.25) is 0 Å². The predicted molar refractivity (Wildman–Crippen MR) is 102 cm³/mol. The van der Waals surface area contributed by atoms with Crippen LogP contribution in [0.15, 0.2) is 53.4 Å². The van der Waals surface area contributed by atoms with Crippen LogP contribution in [0.5, 0.6) is 5.75 Å². The number of carbonyl (C=O) groups excluding carboxylic acids is 3. The highest BCUT2D eigenvalue weighted by Crippen LogP contribution is 2.36. The van der Waals surface area contributed by atoms with Gasteiger partial charge in [-0.1, -0.05) is 12.1 Å². The van der Waals surface area contributed by atoms with Crippen LogP contribution in [-0.4, -0.2) is 29.1 Å². The summed E-state index contributed by atoms with van der Waals surface area (Å²) in [6.07, 6.45) is -1.01. The van der Waals surface area contributed by atoms with E-state index in [2.05, 4.69) is 16.2 Å². The Kier molecular flexibility index (Phi) is 6.15. The number of para-hydroxylation sites is 1. The SMILES string of the molecule is C[C@@H](Oc1ccc(F)cc1)C(=O)NNC(=O)C[C@@H]1Sc2ccccc2NC1=O. The number of fused-ring (bicyclic) bond motifs is 1. The van der Waals surface area contributed by atoms with Gasteiger partial charge in [-0.3, -0.25) is 25.2 Å². The van der Waals surface area contributed by atoms with Gasteiger partial charge in [0.25, 0.3) is 5.91 Å². The number of anilines is 1. The van der Waals surface area contributed by atoms with E-state index in [4.69, 9.17) is 4.74 Å². The minimum absolute atomic E-state index is 0.0989. The van der Waals surface area contributed by atoms with Crippen molar-refractivity contribution in [3.63, 3.8) is 0 Å². The van der Waals surface area contributed by atoms with Gasteiger partial charge >= 0.3 is 0 Å². The molecule has 9 heteroatoms. The molecule has 3 amide bonds. The third-order valence-corrected chi connectivity index (χ3v) is 5.17. The van der Waals surface area contributed by atoms with Crippen LogP contribution in [0.1, 0.15) is 13.3 Å². The third kappa shape index (κ3) is 5.01. The summed E-state index contributed by atoms with van der Waals surface area (Å²) in [4.78, 5) is 37.1. The molecular formula is C19H18FN3O4S. The molecule has 146 valence electrons. The van der Waals surface area contributed by atoms with Crippen molar-refractivity contribution in [2.24, 2.45) is 0 Å². The molecule has 1 heterocycles. The van der Waals surface area contributed by atoms with Crippen LogP contribution in [0.4, 0.5) is 10.1 Å². The summed E-state index contributed by atoms with van der Waals surface area (Å²) in [7, 11) is 0. The van der Waals surface area contributed by atoms with Gasteiger partial charge in [-0.05, 0) is 43.3 Å². The van der Waals surface area contributed by atoms with E-state index in [1.165, 1.54) is 43.0 Å². The van der Waals surface area contributed by atoms with Gasteiger partial charge in [0.1, 0.15) is 11.6 Å². The Hall–Kier alpha value is -3.07. The average molecular weight is 403 g/mol. The van der Waals surface area contributed by atoms with Crippen molar-refractivity contribution >= 4 is 35.2 Å². The predicted octanol–water partition coefficient (Wildman–Crippen LogP) is 2.24. The Morgan fingerprint density at radius 2 is 1.89 bits per heavy atom. The van der Waals surface area contributed by atoms with E-state index in [0.29, 0.717) is 11.4 Å². The highest BCUT2D eigenvalue weighted by molar-refractivity contribution is 8.01. The molecule has 3 N–H and O–H groups in total. The van der Waals surface area contributed by atoms with E-state index in [9.17, 15) is 18.8 Å². The van der Waals surface area contributed by atoms with Crippen molar-refractivity contribution in [1.82, 2.24) is 10.9 Å². The fraction of sp³-hybridized carbons (Fsp3) is 0.211. The van der Waals surface area contributed by atoms with Gasteiger partial charge in [0.15, 0.2) is 6.10 Å². The van der Waals surface area contributed by atoms with Crippen molar-refractivity contribution in [3.8, 4) is 5.75 Å². The van der Waals surface area contributed by atoms with Gasteiger partial charge in [-0.25, -0.2) is 4.39 Å². The van der Waals surface area contributed by atoms with E-state index < -0.39 is 29.0 Å². The average Bonchev–Trinajstić information content (AvgIpc) is 2.68. The van der Waals surface area contributed by atoms with Crippen LogP contribution in [-0.2, 0) is 14.4 Å². The number of rotatable bonds is 5. The minimum Gasteiger partial charge on any atom is -0.481 e. The van der Waals surface area contributed by atoms with E-state index in [1.54, 1.807) is 6.07 Å². The number of hydrazine groups is 1. The Bertz CT molecular complexity index is 891. The molecule has 0 saturated heterocycles. The third-order valence-electron chi connectivity index (χ3n) is 3.90. The molecule has 0 aliphatic carbocycles. The van der Waals surface area contributed by atoms with E-state index in [0.717, 1.165) is 4.90 Å². The summed E-state index contributed by atoms with van der Waals surface area (Å²) >= 11 is 1.30. The zero-order chi connectivity index (χ0) is 20.1. The maximum atomic E-state index is 12.9. The summed E-state index contributed by atoms with van der Waals surface area (Å²) in [6, 6.07) is 12.5. The first-order valence-electron chi connectivity index (χ1n) is 8.50. The normalized spacial score (nSPS) is 16.4. The van der Waals surface area contributed by atoms with Crippen LogP contribution in [0, 0.1) is 5.82 Å². The molecule has 1 aliphatic heterocycles. The highest BCUT2D eigenvalue weighted by Gasteiger charge is 2.29. The maximum absolute atomic E-state index is 12.9. The van der Waals surface area contributed by atoms with Gasteiger partial charge in [0.2, 0.25) is 11.8 Å². The fourth-order valence-electron chi connectivity index (χ4n) is 2.45. The molecule has 1 aliphatic rings. The van der Waals surface area contributed by atoms with Crippen molar-refractivity contribution < 1.29 is 23.5 Å². The number of benzene rings is 2. The lowest BCUT2D eigenvalue weighted by Crippen LogP contribution is -2.48. The Balaban J connectivity index is 1.46. The van der Waals surface area contributed by atoms with Crippen molar-refractivity contribution in [3.05, 3.63) is 54.3 Å². The molecule has 28 heavy (non-hydrogen) atoms. The van der Waals surface area contributed by atoms with Crippen molar-refractivity contribution in [1.29, 1.82) is 0 Å². The molecule has 0 bridgehead atoms. The zero-order valence-corrected chi connectivity index (χ0v) is 15.7. The minimum atomic E-state index is -0.912. The van der Waals surface area contributed by atoms with Gasteiger partial charge < -0.3 is 10.1 Å². The van der Waals surface area contributed by atoms with Crippen LogP contribution in [0.3, 0.4) is 0 Å². The number of thioether (sulfide) groups is 1. The smallest absolute Gasteiger partial charge is 0.279 e. The van der Waals surface area contributed by atoms with Crippen molar-refractivity contribution in [2.45, 2.75) is 29.6 Å². The monoisotopic (exact) mass is 403 g/mol. The number of halogens is 1. The number of hydrogen-bond donors (Lipinski definition) is 3. The Morgan fingerprint density at radius 1 is 1.18 bits per heavy atom. The van der Waals surface area contributed by atoms with Crippen LogP contribution >= 0.6 is 11.8 Å². The molecule has 2 aromatic carbocycles. The molecule has 3 rings (SSSR count). The largest absolute Gasteiger partial charge is 0.481 e. The van der Waals surface area contributed by atoms with E-state index in [-0.39, 0.29) is 12.3 Å². The molecule has 0 spiro atoms. The van der Waals surface area contributed by atoms with Crippen LogP contribution in [0.25, 0.3) is 0 Å². The molecule has 0 fully saturated rings. The Morgan fingerprint density at radius 3 is 2.64 bits per heavy atom. The summed E-state index contributed by atoms with van der Waals surface area (Å²) in [6.45, 7) is 1.49. The second-order valence-electron chi connectivity index (χ2n) is 6.05. The molecular weight excluding hydrogens is 385 g/mol. The lowest BCUT2D eigenvalue weighted by molar-refractivity contribution is -0.133. The summed E-state index contributed by atoms with van der Waals surface area (Å²) < 4.78 is 18.3. The second-order valence-corrected chi connectivity index (χ2v) is 7.29. The molecule has 0 saturated carbocycles. The molecule has 2 atom stereocenters. The number of nitrogens with one attached hydrogen (secondary N) is 3. The van der Waals surface area contributed by atoms with E-state index in [1.807, 2.05) is 18.2 Å². The summed E-state index contributed by atoms with van der Waals surface area (Å²) in [5, 5.41) is 2.16. The zero-order valence-electron chi connectivity index (χ0n) is 14.9. The summed E-state index contributed by atoms with van der Waals surface area (Å²) in [5.74, 6) is -1.44. The van der Waals surface area contributed by atoms with Crippen LogP contribution < -0.4 is 20.9 Å².